The van der Waals surface area contributed by atoms with Gasteiger partial charge in [-0.25, -0.2) is 14.5 Å². The molecule has 3 aromatic rings. The highest BCUT2D eigenvalue weighted by molar-refractivity contribution is 6.29. The molecule has 3 N–H and O–H groups in total. The van der Waals surface area contributed by atoms with Crippen LogP contribution in [0.5, 0.6) is 11.6 Å². The Labute approximate surface area is 182 Å². The fraction of sp³-hybridized carbons (Fsp3) is 0.350. The number of carbonyl (C=O) groups excluding carboxylic acids is 2. The number of hydrogen-bond donors (Lipinski definition) is 2. The van der Waals surface area contributed by atoms with Crippen LogP contribution in [0.4, 0.5) is 0 Å². The van der Waals surface area contributed by atoms with Crippen LogP contribution in [0.1, 0.15) is 46.5 Å². The average Bonchev–Trinajstić information content (AvgIpc) is 3.18. The highest BCUT2D eigenvalue weighted by Gasteiger charge is 2.26. The number of halogens is 1. The van der Waals surface area contributed by atoms with E-state index in [0.717, 1.165) is 0 Å². The van der Waals surface area contributed by atoms with Gasteiger partial charge in [-0.05, 0) is 37.8 Å². The quantitative estimate of drug-likeness (QED) is 0.593. The number of imidazole rings is 1. The minimum Gasteiger partial charge on any atom is -0.493 e. The van der Waals surface area contributed by atoms with Crippen molar-refractivity contribution in [2.75, 3.05) is 7.11 Å². The molecule has 0 spiro atoms. The van der Waals surface area contributed by atoms with Gasteiger partial charge in [-0.3, -0.25) is 9.59 Å². The second-order valence-electron chi connectivity index (χ2n) is 7.20. The third-order valence-corrected chi connectivity index (χ3v) is 5.37. The summed E-state index contributed by atoms with van der Waals surface area (Å²) < 4.78 is 12.5. The lowest BCUT2D eigenvalue weighted by molar-refractivity contribution is 0.0875. The van der Waals surface area contributed by atoms with Crippen molar-refractivity contribution >= 4 is 29.1 Å². The Hall–Kier alpha value is -3.40. The first kappa shape index (κ1) is 20.9. The fourth-order valence-electron chi connectivity index (χ4n) is 3.63. The third-order valence-electron chi connectivity index (χ3n) is 5.18. The van der Waals surface area contributed by atoms with Crippen LogP contribution in [-0.4, -0.2) is 50.7 Å². The summed E-state index contributed by atoms with van der Waals surface area (Å²) in [4.78, 5) is 32.7. The van der Waals surface area contributed by atoms with E-state index in [2.05, 4.69) is 20.4 Å². The van der Waals surface area contributed by atoms with Gasteiger partial charge in [0.15, 0.2) is 22.2 Å². The van der Waals surface area contributed by atoms with Crippen molar-refractivity contribution in [1.29, 1.82) is 0 Å². The Morgan fingerprint density at radius 2 is 2.03 bits per heavy atom. The number of aromatic nitrogens is 4. The number of primary amides is 1. The molecule has 2 amide bonds. The maximum absolute atomic E-state index is 12.8. The number of nitrogens with two attached hydrogens (primary N) is 1. The van der Waals surface area contributed by atoms with Crippen LogP contribution in [0.2, 0.25) is 5.15 Å². The second kappa shape index (κ2) is 8.76. The second-order valence-corrected chi connectivity index (χ2v) is 7.59. The zero-order valence-corrected chi connectivity index (χ0v) is 17.5. The standard InChI is InChI=1S/C20H21ClN6O4/c1-30-15-9-16(21)26-27-14(10-24-18(15)27)19(29)25-11-4-6-12(7-5-11)31-20-13(17(22)28)3-2-8-23-20/h2-3,8-12H,4-7H2,1H3,(H2,22,28)(H,25,29)/t11-,12-. The zero-order chi connectivity index (χ0) is 22.0. The summed E-state index contributed by atoms with van der Waals surface area (Å²) in [6.07, 6.45) is 5.71. The first-order chi connectivity index (χ1) is 15.0. The van der Waals surface area contributed by atoms with E-state index in [1.54, 1.807) is 18.3 Å². The summed E-state index contributed by atoms with van der Waals surface area (Å²) in [6, 6.07) is 4.73. The molecule has 1 saturated carbocycles. The molecule has 1 fully saturated rings. The minimum atomic E-state index is -0.581. The summed E-state index contributed by atoms with van der Waals surface area (Å²) in [5.41, 5.74) is 6.32. The Morgan fingerprint density at radius 3 is 2.74 bits per heavy atom. The van der Waals surface area contributed by atoms with Crippen molar-refractivity contribution in [2.45, 2.75) is 37.8 Å². The van der Waals surface area contributed by atoms with Gasteiger partial charge in [0.2, 0.25) is 5.88 Å². The molecular weight excluding hydrogens is 424 g/mol. The van der Waals surface area contributed by atoms with Crippen molar-refractivity contribution in [3.05, 3.63) is 47.0 Å². The highest BCUT2D eigenvalue weighted by Crippen LogP contribution is 2.26. The SMILES string of the molecule is COc1cc(Cl)nn2c(C(=O)N[C@H]3CC[C@H](Oc4ncccc4C(N)=O)CC3)cnc12. The van der Waals surface area contributed by atoms with E-state index in [1.165, 1.54) is 23.9 Å². The van der Waals surface area contributed by atoms with Crippen LogP contribution in [0.3, 0.4) is 0 Å². The largest absolute Gasteiger partial charge is 0.493 e. The molecule has 0 aliphatic heterocycles. The van der Waals surface area contributed by atoms with E-state index in [0.29, 0.717) is 37.1 Å². The molecule has 4 rings (SSSR count). The molecule has 0 atom stereocenters. The predicted octanol–water partition coefficient (Wildman–Crippen LogP) is 2.01. The number of ether oxygens (including phenoxy) is 2. The summed E-state index contributed by atoms with van der Waals surface area (Å²) in [5.74, 6) is -0.205. The van der Waals surface area contributed by atoms with Gasteiger partial charge in [-0.2, -0.15) is 5.10 Å². The van der Waals surface area contributed by atoms with Gasteiger partial charge in [0.05, 0.1) is 13.3 Å². The Morgan fingerprint density at radius 1 is 1.26 bits per heavy atom. The monoisotopic (exact) mass is 444 g/mol. The van der Waals surface area contributed by atoms with Gasteiger partial charge in [-0.1, -0.05) is 11.6 Å². The first-order valence-electron chi connectivity index (χ1n) is 9.77. The minimum absolute atomic E-state index is 0.0293. The number of fused-ring (bicyclic) bond motifs is 1. The Kier molecular flexibility index (Phi) is 5.90. The molecule has 11 heteroatoms. The molecule has 0 radical (unpaired) electrons. The van der Waals surface area contributed by atoms with E-state index < -0.39 is 5.91 Å². The van der Waals surface area contributed by atoms with Crippen molar-refractivity contribution in [3.8, 4) is 11.6 Å². The molecule has 1 aliphatic carbocycles. The molecule has 10 nitrogen and oxygen atoms in total. The van der Waals surface area contributed by atoms with Gasteiger partial charge in [0.25, 0.3) is 11.8 Å². The lowest BCUT2D eigenvalue weighted by Gasteiger charge is -2.29. The van der Waals surface area contributed by atoms with E-state index in [9.17, 15) is 9.59 Å². The van der Waals surface area contributed by atoms with Crippen molar-refractivity contribution < 1.29 is 19.1 Å². The normalized spacial score (nSPS) is 18.5. The molecule has 162 valence electrons. The van der Waals surface area contributed by atoms with E-state index in [-0.39, 0.29) is 40.3 Å². The zero-order valence-electron chi connectivity index (χ0n) is 16.7. The number of rotatable bonds is 6. The molecular formula is C20H21ClN6O4. The van der Waals surface area contributed by atoms with Crippen LogP contribution in [-0.2, 0) is 0 Å². The smallest absolute Gasteiger partial charge is 0.271 e. The van der Waals surface area contributed by atoms with Gasteiger partial charge in [0.1, 0.15) is 11.7 Å². The van der Waals surface area contributed by atoms with Crippen molar-refractivity contribution in [1.82, 2.24) is 24.9 Å². The lowest BCUT2D eigenvalue weighted by atomic mass is 9.93. The average molecular weight is 445 g/mol. The highest BCUT2D eigenvalue weighted by atomic mass is 35.5. The topological polar surface area (TPSA) is 134 Å². The lowest BCUT2D eigenvalue weighted by Crippen LogP contribution is -2.40. The number of pyridine rings is 1. The van der Waals surface area contributed by atoms with Gasteiger partial charge in [-0.15, -0.1) is 0 Å². The van der Waals surface area contributed by atoms with Gasteiger partial charge in [0, 0.05) is 18.3 Å². The summed E-state index contributed by atoms with van der Waals surface area (Å²) in [7, 11) is 1.50. The van der Waals surface area contributed by atoms with Crippen LogP contribution in [0.25, 0.3) is 5.65 Å². The number of hydrogen-bond acceptors (Lipinski definition) is 7. The maximum atomic E-state index is 12.8. The number of methoxy groups -OCH3 is 1. The molecule has 3 aromatic heterocycles. The van der Waals surface area contributed by atoms with Crippen LogP contribution >= 0.6 is 11.6 Å². The fourth-order valence-corrected chi connectivity index (χ4v) is 3.81. The molecule has 0 bridgehead atoms. The molecule has 3 heterocycles. The molecule has 31 heavy (non-hydrogen) atoms. The Balaban J connectivity index is 1.38. The maximum Gasteiger partial charge on any atom is 0.271 e. The van der Waals surface area contributed by atoms with Gasteiger partial charge < -0.3 is 20.5 Å². The summed E-state index contributed by atoms with van der Waals surface area (Å²) in [5, 5.41) is 7.36. The Bertz CT molecular complexity index is 1130. The van der Waals surface area contributed by atoms with Gasteiger partial charge >= 0.3 is 0 Å². The van der Waals surface area contributed by atoms with E-state index in [4.69, 9.17) is 26.8 Å². The summed E-state index contributed by atoms with van der Waals surface area (Å²) >= 11 is 6.02. The number of carbonyl (C=O) groups is 2. The third kappa shape index (κ3) is 4.38. The first-order valence-corrected chi connectivity index (χ1v) is 10.1. The molecule has 1 aliphatic rings. The molecule has 0 aromatic carbocycles. The van der Waals surface area contributed by atoms with Crippen molar-refractivity contribution in [2.24, 2.45) is 5.73 Å². The predicted molar refractivity (Wildman–Crippen MR) is 111 cm³/mol. The number of amides is 2. The molecule has 0 saturated heterocycles. The van der Waals surface area contributed by atoms with E-state index in [1.807, 2.05) is 0 Å². The van der Waals surface area contributed by atoms with Crippen LogP contribution in [0, 0.1) is 0 Å². The van der Waals surface area contributed by atoms with Crippen LogP contribution in [0.15, 0.2) is 30.6 Å². The van der Waals surface area contributed by atoms with E-state index >= 15 is 0 Å². The number of nitrogens with zero attached hydrogens (tertiary/aromatic N) is 4. The van der Waals surface area contributed by atoms with Crippen LogP contribution < -0.4 is 20.5 Å². The van der Waals surface area contributed by atoms with Crippen molar-refractivity contribution in [3.63, 3.8) is 0 Å². The number of nitrogens with one attached hydrogen (secondary N) is 1. The molecule has 0 unspecified atom stereocenters. The summed E-state index contributed by atoms with van der Waals surface area (Å²) in [6.45, 7) is 0.